The molecule has 0 saturated heterocycles. The van der Waals surface area contributed by atoms with Crippen molar-refractivity contribution in [3.05, 3.63) is 60.7 Å². The van der Waals surface area contributed by atoms with Gasteiger partial charge in [-0.2, -0.15) is 9.79 Å². The molecular formula is C12H10CuS2. The Labute approximate surface area is 112 Å². The molecule has 3 heteroatoms. The summed E-state index contributed by atoms with van der Waals surface area (Å²) in [7, 11) is 0. The Kier molecular flexibility index (Phi) is 8.34. The molecular weight excluding hydrogens is 272 g/mol. The van der Waals surface area contributed by atoms with E-state index in [0.717, 1.165) is 9.79 Å². The van der Waals surface area contributed by atoms with E-state index in [2.05, 4.69) is 0 Å². The standard InChI is InChI=1S/2C6H6S.Cu/c2*7-6-4-2-1-3-5-6;/h2*1-5,7H;/q;;+2/p-2. The van der Waals surface area contributed by atoms with Gasteiger partial charge < -0.3 is 25.3 Å². The maximum atomic E-state index is 4.81. The summed E-state index contributed by atoms with van der Waals surface area (Å²) in [4.78, 5) is 1.81. The third kappa shape index (κ3) is 7.34. The maximum absolute atomic E-state index is 4.81. The molecule has 0 saturated carbocycles. The van der Waals surface area contributed by atoms with E-state index >= 15 is 0 Å². The van der Waals surface area contributed by atoms with Crippen LogP contribution in [0.5, 0.6) is 0 Å². The molecule has 0 aliphatic carbocycles. The predicted octanol–water partition coefficient (Wildman–Crippen LogP) is 3.18. The van der Waals surface area contributed by atoms with E-state index in [1.807, 2.05) is 60.7 Å². The van der Waals surface area contributed by atoms with E-state index in [4.69, 9.17) is 25.3 Å². The van der Waals surface area contributed by atoms with E-state index in [1.54, 1.807) is 0 Å². The topological polar surface area (TPSA) is 0 Å². The summed E-state index contributed by atoms with van der Waals surface area (Å²) in [6.07, 6.45) is 0. The summed E-state index contributed by atoms with van der Waals surface area (Å²) < 4.78 is 0. The van der Waals surface area contributed by atoms with Crippen molar-refractivity contribution in [2.24, 2.45) is 0 Å². The minimum absolute atomic E-state index is 0. The van der Waals surface area contributed by atoms with Crippen molar-refractivity contribution >= 4 is 25.3 Å². The van der Waals surface area contributed by atoms with E-state index in [-0.39, 0.29) is 17.1 Å². The largest absolute Gasteiger partial charge is 2.00 e. The van der Waals surface area contributed by atoms with Crippen LogP contribution in [-0.2, 0) is 42.3 Å². The first kappa shape index (κ1) is 14.4. The Bertz CT molecular complexity index is 311. The number of hydrogen-bond acceptors (Lipinski definition) is 2. The van der Waals surface area contributed by atoms with Gasteiger partial charge in [-0.3, -0.25) is 0 Å². The van der Waals surface area contributed by atoms with Crippen molar-refractivity contribution in [2.75, 3.05) is 0 Å². The predicted molar refractivity (Wildman–Crippen MR) is 64.1 cm³/mol. The minimum atomic E-state index is 0. The average molecular weight is 282 g/mol. The van der Waals surface area contributed by atoms with Crippen LogP contribution in [0.1, 0.15) is 0 Å². The van der Waals surface area contributed by atoms with E-state index in [9.17, 15) is 0 Å². The first-order chi connectivity index (χ1) is 6.79. The maximum Gasteiger partial charge on any atom is 2.00 e. The van der Waals surface area contributed by atoms with Gasteiger partial charge in [-0.25, -0.2) is 0 Å². The van der Waals surface area contributed by atoms with Crippen molar-refractivity contribution in [1.82, 2.24) is 0 Å². The van der Waals surface area contributed by atoms with Crippen molar-refractivity contribution in [3.8, 4) is 0 Å². The van der Waals surface area contributed by atoms with E-state index in [0.29, 0.717) is 0 Å². The smallest absolute Gasteiger partial charge is 0.780 e. The fourth-order valence-corrected chi connectivity index (χ4v) is 1.16. The first-order valence-electron chi connectivity index (χ1n) is 4.23. The van der Waals surface area contributed by atoms with Crippen LogP contribution in [0.3, 0.4) is 0 Å². The summed E-state index contributed by atoms with van der Waals surface area (Å²) in [5.74, 6) is 0. The molecule has 0 atom stereocenters. The molecule has 2 aromatic rings. The SMILES string of the molecule is [Cu+2].[S-]c1ccccc1.[S-]c1ccccc1. The second kappa shape index (κ2) is 8.69. The summed E-state index contributed by atoms with van der Waals surface area (Å²) in [5.41, 5.74) is 0. The third-order valence-electron chi connectivity index (χ3n) is 1.49. The summed E-state index contributed by atoms with van der Waals surface area (Å²) in [6.45, 7) is 0. The molecule has 1 radical (unpaired) electrons. The van der Waals surface area contributed by atoms with Crippen molar-refractivity contribution in [1.29, 1.82) is 0 Å². The van der Waals surface area contributed by atoms with Gasteiger partial charge in [0.05, 0.1) is 0 Å². The molecule has 0 fully saturated rings. The van der Waals surface area contributed by atoms with Gasteiger partial charge in [0.1, 0.15) is 0 Å². The Morgan fingerprint density at radius 1 is 0.533 bits per heavy atom. The molecule has 0 N–H and O–H groups in total. The monoisotopic (exact) mass is 281 g/mol. The Balaban J connectivity index is 0.000000245. The average Bonchev–Trinajstić information content (AvgIpc) is 2.21. The third-order valence-corrected chi connectivity index (χ3v) is 2.03. The fraction of sp³-hybridized carbons (Fsp3) is 0. The molecule has 0 aliphatic heterocycles. The van der Waals surface area contributed by atoms with Crippen LogP contribution in [-0.4, -0.2) is 0 Å². The second-order valence-electron chi connectivity index (χ2n) is 2.63. The van der Waals surface area contributed by atoms with Crippen LogP contribution in [0.15, 0.2) is 70.5 Å². The summed E-state index contributed by atoms with van der Waals surface area (Å²) >= 11 is 9.62. The number of hydrogen-bond donors (Lipinski definition) is 0. The van der Waals surface area contributed by atoms with Gasteiger partial charge in [-0.05, 0) is 0 Å². The molecule has 0 spiro atoms. The van der Waals surface area contributed by atoms with Gasteiger partial charge in [-0.1, -0.05) is 60.7 Å². The van der Waals surface area contributed by atoms with Crippen LogP contribution >= 0.6 is 0 Å². The molecule has 0 amide bonds. The zero-order chi connectivity index (χ0) is 10.2. The normalized spacial score (nSPS) is 8.00. The Morgan fingerprint density at radius 3 is 0.933 bits per heavy atom. The number of benzene rings is 2. The van der Waals surface area contributed by atoms with Crippen LogP contribution in [0.2, 0.25) is 0 Å². The van der Waals surface area contributed by atoms with Crippen molar-refractivity contribution < 1.29 is 17.1 Å². The van der Waals surface area contributed by atoms with Gasteiger partial charge in [0, 0.05) is 0 Å². The summed E-state index contributed by atoms with van der Waals surface area (Å²) in [6, 6.07) is 19.2. The molecule has 0 aromatic heterocycles. The van der Waals surface area contributed by atoms with Gasteiger partial charge in [0.15, 0.2) is 0 Å². The first-order valence-corrected chi connectivity index (χ1v) is 5.05. The van der Waals surface area contributed by atoms with Crippen LogP contribution < -0.4 is 0 Å². The molecule has 0 aliphatic rings. The van der Waals surface area contributed by atoms with Gasteiger partial charge >= 0.3 is 17.1 Å². The Hall–Kier alpha value is -0.601. The second-order valence-corrected chi connectivity index (χ2v) is 3.57. The van der Waals surface area contributed by atoms with Crippen molar-refractivity contribution in [2.45, 2.75) is 9.79 Å². The van der Waals surface area contributed by atoms with Crippen LogP contribution in [0.25, 0.3) is 0 Å². The molecule has 0 unspecified atom stereocenters. The minimum Gasteiger partial charge on any atom is -0.780 e. The zero-order valence-electron chi connectivity index (χ0n) is 7.89. The van der Waals surface area contributed by atoms with Crippen molar-refractivity contribution in [3.63, 3.8) is 0 Å². The van der Waals surface area contributed by atoms with Crippen LogP contribution in [0, 0.1) is 0 Å². The van der Waals surface area contributed by atoms with Gasteiger partial charge in [0.2, 0.25) is 0 Å². The molecule has 2 rings (SSSR count). The molecule has 81 valence electrons. The molecule has 0 bridgehead atoms. The number of rotatable bonds is 0. The molecule has 0 heterocycles. The summed E-state index contributed by atoms with van der Waals surface area (Å²) in [5, 5.41) is 0. The van der Waals surface area contributed by atoms with E-state index < -0.39 is 0 Å². The van der Waals surface area contributed by atoms with Gasteiger partial charge in [-0.15, -0.1) is 0 Å². The van der Waals surface area contributed by atoms with Crippen LogP contribution in [0.4, 0.5) is 0 Å². The molecule has 0 nitrogen and oxygen atoms in total. The van der Waals surface area contributed by atoms with Gasteiger partial charge in [0.25, 0.3) is 0 Å². The molecule has 2 aromatic carbocycles. The molecule has 15 heavy (non-hydrogen) atoms. The van der Waals surface area contributed by atoms with E-state index in [1.165, 1.54) is 0 Å². The Morgan fingerprint density at radius 2 is 0.800 bits per heavy atom. The zero-order valence-corrected chi connectivity index (χ0v) is 10.5. The quantitative estimate of drug-likeness (QED) is 0.537. The fourth-order valence-electron chi connectivity index (χ4n) is 0.841.